The summed E-state index contributed by atoms with van der Waals surface area (Å²) in [5, 5.41) is 0. The molecule has 0 radical (unpaired) electrons. The highest BCUT2D eigenvalue weighted by Gasteiger charge is 2.34. The molecule has 1 saturated heterocycles. The first-order valence-electron chi connectivity index (χ1n) is 7.14. The summed E-state index contributed by atoms with van der Waals surface area (Å²) in [7, 11) is 0. The van der Waals surface area contributed by atoms with E-state index in [2.05, 4.69) is 18.7 Å². The highest BCUT2D eigenvalue weighted by molar-refractivity contribution is 8.00. The smallest absolute Gasteiger partial charge is 0.225 e. The summed E-state index contributed by atoms with van der Waals surface area (Å²) < 4.78 is 0.225. The van der Waals surface area contributed by atoms with Gasteiger partial charge in [-0.3, -0.25) is 4.79 Å². The van der Waals surface area contributed by atoms with Crippen molar-refractivity contribution in [3.8, 4) is 0 Å². The fourth-order valence-electron chi connectivity index (χ4n) is 3.11. The molecule has 2 aliphatic rings. The number of carbonyl (C=O) groups is 1. The zero-order chi connectivity index (χ0) is 13.2. The lowest BCUT2D eigenvalue weighted by Gasteiger charge is -2.40. The normalized spacial score (nSPS) is 32.3. The number of thioether (sulfide) groups is 1. The monoisotopic (exact) mass is 270 g/mol. The number of nitrogens with two attached hydrogens (primary N) is 1. The van der Waals surface area contributed by atoms with E-state index < -0.39 is 0 Å². The lowest BCUT2D eigenvalue weighted by molar-refractivity contribution is -0.137. The second kappa shape index (κ2) is 5.83. The number of amides is 1. The van der Waals surface area contributed by atoms with Crippen LogP contribution in [0.4, 0.5) is 0 Å². The number of hydrogen-bond donors (Lipinski definition) is 1. The molecule has 1 saturated carbocycles. The van der Waals surface area contributed by atoms with Gasteiger partial charge in [0.05, 0.1) is 0 Å². The van der Waals surface area contributed by atoms with Crippen LogP contribution < -0.4 is 5.73 Å². The number of carbonyl (C=O) groups excluding carboxylic acids is 1. The Labute approximate surface area is 115 Å². The molecule has 3 nitrogen and oxygen atoms in total. The number of hydrogen-bond acceptors (Lipinski definition) is 3. The van der Waals surface area contributed by atoms with Gasteiger partial charge in [0.1, 0.15) is 0 Å². The van der Waals surface area contributed by atoms with E-state index in [0.29, 0.717) is 11.8 Å². The molecule has 1 amide bonds. The molecule has 0 aromatic carbocycles. The van der Waals surface area contributed by atoms with E-state index in [1.165, 1.54) is 0 Å². The van der Waals surface area contributed by atoms with E-state index in [9.17, 15) is 4.79 Å². The van der Waals surface area contributed by atoms with Gasteiger partial charge in [0.25, 0.3) is 0 Å². The molecule has 0 atom stereocenters. The summed E-state index contributed by atoms with van der Waals surface area (Å²) in [5.41, 5.74) is 5.71. The number of nitrogens with zero attached hydrogens (tertiary/aromatic N) is 1. The topological polar surface area (TPSA) is 46.3 Å². The molecule has 0 aromatic rings. The van der Waals surface area contributed by atoms with E-state index in [0.717, 1.165) is 51.1 Å². The predicted molar refractivity (Wildman–Crippen MR) is 77.6 cm³/mol. The van der Waals surface area contributed by atoms with Gasteiger partial charge in [-0.2, -0.15) is 11.8 Å². The first-order chi connectivity index (χ1) is 8.52. The SMILES string of the molecule is CC1(C)CN(C(=O)C2CCC(CN)CC2)CCS1. The van der Waals surface area contributed by atoms with E-state index in [1.807, 2.05) is 11.8 Å². The van der Waals surface area contributed by atoms with Crippen molar-refractivity contribution in [3.63, 3.8) is 0 Å². The van der Waals surface area contributed by atoms with Crippen molar-refractivity contribution < 1.29 is 4.79 Å². The molecule has 0 spiro atoms. The minimum absolute atomic E-state index is 0.225. The van der Waals surface area contributed by atoms with Crippen molar-refractivity contribution in [2.24, 2.45) is 17.6 Å². The van der Waals surface area contributed by atoms with Crippen LogP contribution in [0, 0.1) is 11.8 Å². The minimum Gasteiger partial charge on any atom is -0.340 e. The fourth-order valence-corrected chi connectivity index (χ4v) is 4.22. The van der Waals surface area contributed by atoms with E-state index >= 15 is 0 Å². The highest BCUT2D eigenvalue weighted by Crippen LogP contribution is 2.33. The summed E-state index contributed by atoms with van der Waals surface area (Å²) in [6.45, 7) is 7.11. The molecule has 0 unspecified atom stereocenters. The van der Waals surface area contributed by atoms with E-state index in [1.54, 1.807) is 0 Å². The Kier molecular flexibility index (Phi) is 4.59. The maximum Gasteiger partial charge on any atom is 0.225 e. The van der Waals surface area contributed by atoms with Crippen LogP contribution in [-0.4, -0.2) is 40.9 Å². The van der Waals surface area contributed by atoms with Crippen molar-refractivity contribution >= 4 is 17.7 Å². The van der Waals surface area contributed by atoms with Crippen LogP contribution in [0.15, 0.2) is 0 Å². The number of rotatable bonds is 2. The Balaban J connectivity index is 1.88. The van der Waals surface area contributed by atoms with Crippen LogP contribution in [0.25, 0.3) is 0 Å². The largest absolute Gasteiger partial charge is 0.340 e. The summed E-state index contributed by atoms with van der Waals surface area (Å²) in [5.74, 6) is 2.41. The molecule has 18 heavy (non-hydrogen) atoms. The molecule has 1 heterocycles. The Bertz CT molecular complexity index is 298. The Hall–Kier alpha value is -0.220. The lowest BCUT2D eigenvalue weighted by Crippen LogP contribution is -2.48. The zero-order valence-electron chi connectivity index (χ0n) is 11.7. The van der Waals surface area contributed by atoms with Crippen molar-refractivity contribution in [1.29, 1.82) is 0 Å². The van der Waals surface area contributed by atoms with Gasteiger partial charge in [-0.05, 0) is 52.0 Å². The molecule has 1 aliphatic carbocycles. The van der Waals surface area contributed by atoms with E-state index in [4.69, 9.17) is 5.73 Å². The highest BCUT2D eigenvalue weighted by atomic mass is 32.2. The molecule has 104 valence electrons. The Morgan fingerprint density at radius 3 is 2.56 bits per heavy atom. The average Bonchev–Trinajstić information content (AvgIpc) is 2.37. The van der Waals surface area contributed by atoms with Gasteiger partial charge >= 0.3 is 0 Å². The first-order valence-corrected chi connectivity index (χ1v) is 8.13. The van der Waals surface area contributed by atoms with Gasteiger partial charge < -0.3 is 10.6 Å². The molecule has 1 aliphatic heterocycles. The van der Waals surface area contributed by atoms with Gasteiger partial charge in [-0.1, -0.05) is 0 Å². The quantitative estimate of drug-likeness (QED) is 0.836. The standard InChI is InChI=1S/C14H26N2OS/c1-14(2)10-16(7-8-18-14)13(17)12-5-3-11(9-15)4-6-12/h11-12H,3-10,15H2,1-2H3. The van der Waals surface area contributed by atoms with Crippen molar-refractivity contribution in [2.75, 3.05) is 25.4 Å². The van der Waals surface area contributed by atoms with Gasteiger partial charge in [0.15, 0.2) is 0 Å². The molecular formula is C14H26N2OS. The Morgan fingerprint density at radius 1 is 1.33 bits per heavy atom. The molecule has 0 aromatic heterocycles. The van der Waals surface area contributed by atoms with Gasteiger partial charge in [-0.15, -0.1) is 0 Å². The molecule has 2 rings (SSSR count). The lowest BCUT2D eigenvalue weighted by atomic mass is 9.81. The van der Waals surface area contributed by atoms with Crippen LogP contribution in [0.5, 0.6) is 0 Å². The first kappa shape index (κ1) is 14.2. The molecule has 4 heteroatoms. The van der Waals surface area contributed by atoms with Crippen LogP contribution in [-0.2, 0) is 4.79 Å². The molecule has 2 fully saturated rings. The van der Waals surface area contributed by atoms with Gasteiger partial charge in [0, 0.05) is 29.5 Å². The summed E-state index contributed by atoms with van der Waals surface area (Å²) in [4.78, 5) is 14.6. The second-order valence-corrected chi connectivity index (χ2v) is 8.12. The third-order valence-corrected chi connectivity index (χ3v) is 5.56. The van der Waals surface area contributed by atoms with Gasteiger partial charge in [-0.25, -0.2) is 0 Å². The van der Waals surface area contributed by atoms with E-state index in [-0.39, 0.29) is 10.7 Å². The molecular weight excluding hydrogens is 244 g/mol. The molecule has 2 N–H and O–H groups in total. The molecule has 0 bridgehead atoms. The third kappa shape index (κ3) is 3.41. The summed E-state index contributed by atoms with van der Waals surface area (Å²) in [6.07, 6.45) is 4.37. The van der Waals surface area contributed by atoms with Crippen molar-refractivity contribution in [1.82, 2.24) is 4.90 Å². The maximum atomic E-state index is 12.5. The summed E-state index contributed by atoms with van der Waals surface area (Å²) >= 11 is 1.98. The fraction of sp³-hybridized carbons (Fsp3) is 0.929. The van der Waals surface area contributed by atoms with Crippen LogP contribution in [0.2, 0.25) is 0 Å². The Morgan fingerprint density at radius 2 is 2.00 bits per heavy atom. The van der Waals surface area contributed by atoms with Crippen molar-refractivity contribution in [3.05, 3.63) is 0 Å². The van der Waals surface area contributed by atoms with Crippen LogP contribution >= 0.6 is 11.8 Å². The maximum absolute atomic E-state index is 12.5. The predicted octanol–water partition coefficient (Wildman–Crippen LogP) is 2.11. The van der Waals surface area contributed by atoms with Crippen LogP contribution in [0.3, 0.4) is 0 Å². The van der Waals surface area contributed by atoms with Crippen molar-refractivity contribution in [2.45, 2.75) is 44.3 Å². The summed E-state index contributed by atoms with van der Waals surface area (Å²) in [6, 6.07) is 0. The average molecular weight is 270 g/mol. The third-order valence-electron chi connectivity index (χ3n) is 4.27. The second-order valence-electron chi connectivity index (χ2n) is 6.32. The van der Waals surface area contributed by atoms with Gasteiger partial charge in [0.2, 0.25) is 5.91 Å². The zero-order valence-corrected chi connectivity index (χ0v) is 12.5. The van der Waals surface area contributed by atoms with Crippen LogP contribution in [0.1, 0.15) is 39.5 Å². The minimum atomic E-state index is 0.225.